The second-order valence-corrected chi connectivity index (χ2v) is 11.0. The zero-order chi connectivity index (χ0) is 30.9. The van der Waals surface area contributed by atoms with Crippen LogP contribution in [0.2, 0.25) is 5.02 Å². The number of ether oxygens (including phenoxy) is 1. The Hall–Kier alpha value is -4.41. The summed E-state index contributed by atoms with van der Waals surface area (Å²) in [4.78, 5) is 29.4. The number of amides is 1. The molecular formula is C32H22BrClF3N3O3. The number of aromatic amines is 1. The number of nitrogens with one attached hydrogen (secondary N) is 2. The summed E-state index contributed by atoms with van der Waals surface area (Å²) in [5, 5.41) is 5.38. The fraction of sp³-hybridized carbons (Fsp3) is 0.0938. The minimum absolute atomic E-state index is 0.0251. The Balaban J connectivity index is 1.43. The molecule has 0 aliphatic heterocycles. The molecule has 2 N–H and O–H groups in total. The third-order valence-electron chi connectivity index (χ3n) is 6.59. The number of carbonyl (C=O) groups is 2. The highest BCUT2D eigenvalue weighted by atomic mass is 79.9. The van der Waals surface area contributed by atoms with Crippen molar-refractivity contribution in [2.45, 2.75) is 20.0 Å². The summed E-state index contributed by atoms with van der Waals surface area (Å²) in [5.41, 5.74) is 5.84. The van der Waals surface area contributed by atoms with Crippen LogP contribution in [0, 0.1) is 13.8 Å². The van der Waals surface area contributed by atoms with Gasteiger partial charge in [-0.3, -0.25) is 4.79 Å². The first kappa shape index (κ1) is 30.1. The molecule has 0 aliphatic carbocycles. The Bertz CT molecular complexity index is 1920. The van der Waals surface area contributed by atoms with Crippen molar-refractivity contribution in [1.29, 1.82) is 0 Å². The van der Waals surface area contributed by atoms with Crippen molar-refractivity contribution in [1.82, 2.24) is 10.4 Å². The van der Waals surface area contributed by atoms with Crippen molar-refractivity contribution in [2.24, 2.45) is 5.10 Å². The number of rotatable bonds is 6. The lowest BCUT2D eigenvalue weighted by Crippen LogP contribution is -2.19. The van der Waals surface area contributed by atoms with Crippen LogP contribution in [0.1, 0.15) is 43.1 Å². The van der Waals surface area contributed by atoms with E-state index in [0.717, 1.165) is 40.2 Å². The quantitative estimate of drug-likeness (QED) is 0.0821. The molecule has 1 aromatic heterocycles. The number of carbonyl (C=O) groups excluding carboxylic acids is 2. The number of fused-ring (bicyclic) bond motifs is 1. The van der Waals surface area contributed by atoms with Crippen molar-refractivity contribution in [3.8, 4) is 16.9 Å². The van der Waals surface area contributed by atoms with Crippen LogP contribution in [0.4, 0.5) is 13.2 Å². The Morgan fingerprint density at radius 2 is 1.77 bits per heavy atom. The molecule has 43 heavy (non-hydrogen) atoms. The fourth-order valence-electron chi connectivity index (χ4n) is 4.68. The Morgan fingerprint density at radius 1 is 1.00 bits per heavy atom. The maximum Gasteiger partial charge on any atom is 0.416 e. The van der Waals surface area contributed by atoms with Crippen molar-refractivity contribution < 1.29 is 27.5 Å². The second kappa shape index (κ2) is 12.1. The summed E-state index contributed by atoms with van der Waals surface area (Å²) in [6, 6.07) is 19.7. The highest BCUT2D eigenvalue weighted by Crippen LogP contribution is 2.38. The van der Waals surface area contributed by atoms with E-state index in [0.29, 0.717) is 20.6 Å². The van der Waals surface area contributed by atoms with E-state index in [1.165, 1.54) is 18.3 Å². The molecular weight excluding hydrogens is 647 g/mol. The summed E-state index contributed by atoms with van der Waals surface area (Å²) >= 11 is 9.87. The van der Waals surface area contributed by atoms with Crippen LogP contribution in [-0.2, 0) is 6.18 Å². The van der Waals surface area contributed by atoms with Crippen molar-refractivity contribution >= 4 is 56.5 Å². The summed E-state index contributed by atoms with van der Waals surface area (Å²) in [7, 11) is 0. The molecule has 0 saturated carbocycles. The zero-order valence-electron chi connectivity index (χ0n) is 22.6. The number of H-pyrrole nitrogens is 1. The highest BCUT2D eigenvalue weighted by molar-refractivity contribution is 9.10. The lowest BCUT2D eigenvalue weighted by atomic mass is 9.99. The van der Waals surface area contributed by atoms with Gasteiger partial charge in [0, 0.05) is 37.1 Å². The molecule has 0 saturated heterocycles. The number of aromatic nitrogens is 1. The molecule has 0 spiro atoms. The molecule has 0 aliphatic rings. The number of hydrazone groups is 1. The average molecular weight is 669 g/mol. The number of aryl methyl sites for hydroxylation is 2. The molecule has 1 amide bonds. The van der Waals surface area contributed by atoms with E-state index < -0.39 is 23.6 Å². The van der Waals surface area contributed by atoms with Crippen LogP contribution >= 0.6 is 27.5 Å². The van der Waals surface area contributed by atoms with Gasteiger partial charge in [0.15, 0.2) is 0 Å². The van der Waals surface area contributed by atoms with Gasteiger partial charge in [0.25, 0.3) is 5.91 Å². The van der Waals surface area contributed by atoms with Gasteiger partial charge in [0.05, 0.1) is 17.3 Å². The minimum Gasteiger partial charge on any atom is -0.422 e. The van der Waals surface area contributed by atoms with Crippen LogP contribution in [0.15, 0.2) is 88.4 Å². The first-order chi connectivity index (χ1) is 20.4. The Labute approximate surface area is 257 Å². The minimum atomic E-state index is -4.61. The molecule has 0 unspecified atom stereocenters. The third-order valence-corrected chi connectivity index (χ3v) is 7.41. The predicted molar refractivity (Wildman–Crippen MR) is 164 cm³/mol. The molecule has 4 aromatic carbocycles. The van der Waals surface area contributed by atoms with Crippen LogP contribution in [0.3, 0.4) is 0 Å². The maximum atomic E-state index is 13.4. The van der Waals surface area contributed by atoms with Gasteiger partial charge in [0.1, 0.15) is 11.4 Å². The van der Waals surface area contributed by atoms with E-state index >= 15 is 0 Å². The van der Waals surface area contributed by atoms with E-state index in [1.807, 2.05) is 38.1 Å². The van der Waals surface area contributed by atoms with Gasteiger partial charge in [-0.25, -0.2) is 10.2 Å². The van der Waals surface area contributed by atoms with Gasteiger partial charge in [0.2, 0.25) is 0 Å². The van der Waals surface area contributed by atoms with Gasteiger partial charge in [-0.05, 0) is 67.9 Å². The van der Waals surface area contributed by atoms with E-state index in [1.54, 1.807) is 24.3 Å². The molecule has 1 heterocycles. The number of alkyl halides is 3. The molecule has 5 aromatic rings. The monoisotopic (exact) mass is 667 g/mol. The summed E-state index contributed by atoms with van der Waals surface area (Å²) in [6.07, 6.45) is -3.34. The SMILES string of the molecule is Cc1cc(C)c2[nH]c(C(=O)NN=Cc3cc(Br)ccc3OC(=O)c3cccc(C(F)(F)F)c3)c(-c3ccccc3Cl)c2c1. The van der Waals surface area contributed by atoms with E-state index in [-0.39, 0.29) is 22.6 Å². The molecule has 218 valence electrons. The Kier molecular flexibility index (Phi) is 8.43. The molecule has 6 nitrogen and oxygen atoms in total. The van der Waals surface area contributed by atoms with Gasteiger partial charge in [-0.2, -0.15) is 18.3 Å². The summed E-state index contributed by atoms with van der Waals surface area (Å²) < 4.78 is 45.4. The Morgan fingerprint density at radius 3 is 2.51 bits per heavy atom. The molecule has 0 radical (unpaired) electrons. The second-order valence-electron chi connectivity index (χ2n) is 9.71. The van der Waals surface area contributed by atoms with Gasteiger partial charge >= 0.3 is 12.1 Å². The van der Waals surface area contributed by atoms with Crippen LogP contribution in [-0.4, -0.2) is 23.1 Å². The normalized spacial score (nSPS) is 11.7. The molecule has 11 heteroatoms. The summed E-state index contributed by atoms with van der Waals surface area (Å²) in [5.74, 6) is -1.51. The number of esters is 1. The number of halogens is 5. The lowest BCUT2D eigenvalue weighted by molar-refractivity contribution is -0.137. The third kappa shape index (κ3) is 6.50. The zero-order valence-corrected chi connectivity index (χ0v) is 25.0. The van der Waals surface area contributed by atoms with Gasteiger partial charge in [-0.15, -0.1) is 0 Å². The van der Waals surface area contributed by atoms with Gasteiger partial charge in [-0.1, -0.05) is 63.4 Å². The number of nitrogens with zero attached hydrogens (tertiary/aromatic N) is 1. The first-order valence-electron chi connectivity index (χ1n) is 12.8. The van der Waals surface area contributed by atoms with Gasteiger partial charge < -0.3 is 9.72 Å². The van der Waals surface area contributed by atoms with Crippen LogP contribution in [0.25, 0.3) is 22.0 Å². The van der Waals surface area contributed by atoms with E-state index in [9.17, 15) is 22.8 Å². The maximum absolute atomic E-state index is 13.4. The lowest BCUT2D eigenvalue weighted by Gasteiger charge is -2.10. The molecule has 0 bridgehead atoms. The van der Waals surface area contributed by atoms with Crippen LogP contribution < -0.4 is 10.2 Å². The average Bonchev–Trinajstić information content (AvgIpc) is 3.34. The van der Waals surface area contributed by atoms with E-state index in [2.05, 4.69) is 31.4 Å². The first-order valence-corrected chi connectivity index (χ1v) is 14.0. The van der Waals surface area contributed by atoms with Crippen LogP contribution in [0.5, 0.6) is 5.75 Å². The smallest absolute Gasteiger partial charge is 0.416 e. The van der Waals surface area contributed by atoms with Crippen molar-refractivity contribution in [2.75, 3.05) is 0 Å². The number of benzene rings is 4. The van der Waals surface area contributed by atoms with Crippen molar-refractivity contribution in [3.05, 3.63) is 122 Å². The number of hydrogen-bond donors (Lipinski definition) is 2. The molecule has 0 atom stereocenters. The summed E-state index contributed by atoms with van der Waals surface area (Å²) in [6.45, 7) is 3.91. The number of hydrogen-bond acceptors (Lipinski definition) is 4. The largest absolute Gasteiger partial charge is 0.422 e. The topological polar surface area (TPSA) is 83.6 Å². The fourth-order valence-corrected chi connectivity index (χ4v) is 5.29. The predicted octanol–water partition coefficient (Wildman–Crippen LogP) is 8.87. The molecule has 5 rings (SSSR count). The van der Waals surface area contributed by atoms with Crippen molar-refractivity contribution in [3.63, 3.8) is 0 Å². The highest BCUT2D eigenvalue weighted by Gasteiger charge is 2.31. The molecule has 0 fully saturated rings. The van der Waals surface area contributed by atoms with E-state index in [4.69, 9.17) is 16.3 Å². The standard InChI is InChI=1S/C32H22BrClF3N3O3/c1-17-12-18(2)28-24(13-17)27(23-8-3-4-9-25(23)34)29(39-28)30(41)40-38-16-20-15-22(33)10-11-26(20)43-31(42)19-6-5-7-21(14-19)32(35,36)37/h3-16,39H,1-2H3,(H,40,41).